The molecule has 4 heteroatoms. The number of carbonyl (C=O) groups excluding carboxylic acids is 1. The highest BCUT2D eigenvalue weighted by atomic mass is 16.5. The molecule has 0 bridgehead atoms. The van der Waals surface area contributed by atoms with E-state index in [1.807, 2.05) is 71.3 Å². The summed E-state index contributed by atoms with van der Waals surface area (Å²) < 4.78 is 6.80. The molecule has 0 unspecified atom stereocenters. The Hall–Kier alpha value is -3.01. The molecule has 116 valence electrons. The zero-order valence-corrected chi connectivity index (χ0v) is 12.9. The van der Waals surface area contributed by atoms with E-state index in [1.54, 1.807) is 0 Å². The lowest BCUT2D eigenvalue weighted by atomic mass is 10.1. The maximum absolute atomic E-state index is 11.8. The molecular weight excluding hydrogens is 288 g/mol. The van der Waals surface area contributed by atoms with Crippen molar-refractivity contribution >= 4 is 11.7 Å². The predicted molar refractivity (Wildman–Crippen MR) is 91.7 cm³/mol. The lowest BCUT2D eigenvalue weighted by molar-refractivity contribution is -0.141. The molecule has 0 spiro atoms. The van der Waals surface area contributed by atoms with Gasteiger partial charge in [-0.3, -0.25) is 4.79 Å². The van der Waals surface area contributed by atoms with Crippen molar-refractivity contribution in [2.75, 3.05) is 12.8 Å². The number of hydrogen-bond acceptors (Lipinski definition) is 3. The van der Waals surface area contributed by atoms with Crippen LogP contribution in [0, 0.1) is 0 Å². The molecule has 0 aliphatic rings. The molecule has 1 aromatic heterocycles. The van der Waals surface area contributed by atoms with Gasteiger partial charge < -0.3 is 15.0 Å². The Morgan fingerprint density at radius 3 is 2.26 bits per heavy atom. The number of aromatic nitrogens is 1. The standard InChI is InChI=1S/C19H18N2O2/c1-23-19(22)13-21-17(14-6-3-2-4-7-14)10-11-18(21)15-8-5-9-16(20)12-15/h2-12H,13,20H2,1H3. The molecule has 1 heterocycles. The molecule has 3 rings (SSSR count). The lowest BCUT2D eigenvalue weighted by Crippen LogP contribution is -2.13. The molecule has 0 aliphatic heterocycles. The van der Waals surface area contributed by atoms with Crippen molar-refractivity contribution in [2.45, 2.75) is 6.54 Å². The summed E-state index contributed by atoms with van der Waals surface area (Å²) >= 11 is 0. The normalized spacial score (nSPS) is 10.5. The van der Waals surface area contributed by atoms with Crippen LogP contribution in [0.5, 0.6) is 0 Å². The third-order valence-corrected chi connectivity index (χ3v) is 3.75. The summed E-state index contributed by atoms with van der Waals surface area (Å²) in [7, 11) is 1.40. The van der Waals surface area contributed by atoms with Crippen LogP contribution in [-0.4, -0.2) is 17.6 Å². The number of anilines is 1. The Morgan fingerprint density at radius 1 is 0.957 bits per heavy atom. The molecule has 0 atom stereocenters. The zero-order valence-electron chi connectivity index (χ0n) is 12.9. The van der Waals surface area contributed by atoms with Crippen LogP contribution >= 0.6 is 0 Å². The zero-order chi connectivity index (χ0) is 16.2. The van der Waals surface area contributed by atoms with E-state index in [4.69, 9.17) is 10.5 Å². The first-order valence-electron chi connectivity index (χ1n) is 7.36. The highest BCUT2D eigenvalue weighted by molar-refractivity contribution is 5.76. The molecule has 0 amide bonds. The van der Waals surface area contributed by atoms with Crippen molar-refractivity contribution < 1.29 is 9.53 Å². The minimum Gasteiger partial charge on any atom is -0.468 e. The van der Waals surface area contributed by atoms with Gasteiger partial charge in [0.05, 0.1) is 7.11 Å². The number of benzene rings is 2. The van der Waals surface area contributed by atoms with E-state index in [-0.39, 0.29) is 12.5 Å². The van der Waals surface area contributed by atoms with E-state index in [0.29, 0.717) is 5.69 Å². The predicted octanol–water partition coefficient (Wildman–Crippen LogP) is 3.58. The van der Waals surface area contributed by atoms with E-state index < -0.39 is 0 Å². The van der Waals surface area contributed by atoms with Crippen molar-refractivity contribution in [3.05, 3.63) is 66.7 Å². The topological polar surface area (TPSA) is 57.2 Å². The third kappa shape index (κ3) is 3.11. The number of hydrogen-bond donors (Lipinski definition) is 1. The van der Waals surface area contributed by atoms with Crippen LogP contribution in [0.4, 0.5) is 5.69 Å². The molecular formula is C19H18N2O2. The summed E-state index contributed by atoms with van der Waals surface area (Å²) in [6.07, 6.45) is 0. The Kier molecular flexibility index (Phi) is 4.15. The van der Waals surface area contributed by atoms with Crippen molar-refractivity contribution in [1.29, 1.82) is 0 Å². The maximum Gasteiger partial charge on any atom is 0.325 e. The fourth-order valence-corrected chi connectivity index (χ4v) is 2.64. The summed E-state index contributed by atoms with van der Waals surface area (Å²) in [4.78, 5) is 11.8. The first-order valence-corrected chi connectivity index (χ1v) is 7.36. The van der Waals surface area contributed by atoms with E-state index >= 15 is 0 Å². The number of esters is 1. The second-order valence-corrected chi connectivity index (χ2v) is 5.26. The van der Waals surface area contributed by atoms with Gasteiger partial charge in [0.25, 0.3) is 0 Å². The van der Waals surface area contributed by atoms with Crippen LogP contribution in [0.2, 0.25) is 0 Å². The maximum atomic E-state index is 11.8. The van der Waals surface area contributed by atoms with Crippen LogP contribution in [0.25, 0.3) is 22.5 Å². The Labute approximate surface area is 135 Å². The molecule has 2 N–H and O–H groups in total. The Bertz CT molecular complexity index is 822. The van der Waals surface area contributed by atoms with Crippen molar-refractivity contribution in [2.24, 2.45) is 0 Å². The van der Waals surface area contributed by atoms with E-state index in [1.165, 1.54) is 7.11 Å². The van der Waals surface area contributed by atoms with Gasteiger partial charge >= 0.3 is 5.97 Å². The van der Waals surface area contributed by atoms with Gasteiger partial charge in [-0.1, -0.05) is 42.5 Å². The van der Waals surface area contributed by atoms with E-state index in [0.717, 1.165) is 22.5 Å². The van der Waals surface area contributed by atoms with Gasteiger partial charge in [-0.05, 0) is 29.8 Å². The van der Waals surface area contributed by atoms with Crippen LogP contribution in [-0.2, 0) is 16.1 Å². The highest BCUT2D eigenvalue weighted by Gasteiger charge is 2.14. The molecule has 3 aromatic rings. The minimum atomic E-state index is -0.288. The van der Waals surface area contributed by atoms with Crippen LogP contribution in [0.1, 0.15) is 0 Å². The number of carbonyl (C=O) groups is 1. The second-order valence-electron chi connectivity index (χ2n) is 5.26. The smallest absolute Gasteiger partial charge is 0.325 e. The minimum absolute atomic E-state index is 0.151. The third-order valence-electron chi connectivity index (χ3n) is 3.75. The number of rotatable bonds is 4. The van der Waals surface area contributed by atoms with Gasteiger partial charge in [0.15, 0.2) is 0 Å². The molecule has 0 saturated carbocycles. The van der Waals surface area contributed by atoms with Gasteiger partial charge in [0.2, 0.25) is 0 Å². The quantitative estimate of drug-likeness (QED) is 0.592. The fraction of sp³-hybridized carbons (Fsp3) is 0.105. The largest absolute Gasteiger partial charge is 0.468 e. The van der Waals surface area contributed by atoms with Gasteiger partial charge in [-0.15, -0.1) is 0 Å². The Balaban J connectivity index is 2.13. The van der Waals surface area contributed by atoms with Crippen molar-refractivity contribution in [3.63, 3.8) is 0 Å². The molecule has 0 radical (unpaired) electrons. The van der Waals surface area contributed by atoms with Crippen LogP contribution in [0.15, 0.2) is 66.7 Å². The van der Waals surface area contributed by atoms with Gasteiger partial charge in [-0.2, -0.15) is 0 Å². The summed E-state index contributed by atoms with van der Waals surface area (Å²) in [6, 6.07) is 21.6. The van der Waals surface area contributed by atoms with E-state index in [9.17, 15) is 4.79 Å². The van der Waals surface area contributed by atoms with Crippen LogP contribution < -0.4 is 5.73 Å². The molecule has 0 saturated heterocycles. The Morgan fingerprint density at radius 2 is 1.61 bits per heavy atom. The molecule has 0 aliphatic carbocycles. The first-order chi connectivity index (χ1) is 11.2. The summed E-state index contributed by atoms with van der Waals surface area (Å²) in [5.41, 5.74) is 10.5. The molecule has 23 heavy (non-hydrogen) atoms. The molecule has 4 nitrogen and oxygen atoms in total. The average Bonchev–Trinajstić information content (AvgIpc) is 2.99. The van der Waals surface area contributed by atoms with E-state index in [2.05, 4.69) is 0 Å². The number of nitrogen functional groups attached to an aromatic ring is 1. The molecule has 2 aromatic carbocycles. The summed E-state index contributed by atoms with van der Waals surface area (Å²) in [6.45, 7) is 0.151. The van der Waals surface area contributed by atoms with Gasteiger partial charge in [-0.25, -0.2) is 0 Å². The average molecular weight is 306 g/mol. The van der Waals surface area contributed by atoms with Crippen molar-refractivity contribution in [3.8, 4) is 22.5 Å². The fourth-order valence-electron chi connectivity index (χ4n) is 2.64. The highest BCUT2D eigenvalue weighted by Crippen LogP contribution is 2.29. The summed E-state index contributed by atoms with van der Waals surface area (Å²) in [5, 5.41) is 0. The lowest BCUT2D eigenvalue weighted by Gasteiger charge is -2.13. The number of ether oxygens (including phenoxy) is 1. The van der Waals surface area contributed by atoms with Gasteiger partial charge in [0.1, 0.15) is 6.54 Å². The summed E-state index contributed by atoms with van der Waals surface area (Å²) in [5.74, 6) is -0.288. The number of methoxy groups -OCH3 is 1. The van der Waals surface area contributed by atoms with Crippen LogP contribution in [0.3, 0.4) is 0 Å². The number of nitrogens with two attached hydrogens (primary N) is 1. The monoisotopic (exact) mass is 306 g/mol. The SMILES string of the molecule is COC(=O)Cn1c(-c2ccccc2)ccc1-c1cccc(N)c1. The van der Waals surface area contributed by atoms with Gasteiger partial charge in [0, 0.05) is 22.6 Å². The molecule has 0 fully saturated rings. The first kappa shape index (κ1) is 14.9. The number of nitrogens with zero attached hydrogens (tertiary/aromatic N) is 1. The second kappa shape index (κ2) is 6.40. The van der Waals surface area contributed by atoms with Crippen molar-refractivity contribution in [1.82, 2.24) is 4.57 Å².